The Balaban J connectivity index is 1.95. The molecular weight excluding hydrogens is 316 g/mol. The first-order valence-electron chi connectivity index (χ1n) is 6.98. The van der Waals surface area contributed by atoms with Crippen LogP contribution in [0.15, 0.2) is 42.5 Å². The molecule has 0 aromatic heterocycles. The summed E-state index contributed by atoms with van der Waals surface area (Å²) >= 11 is 5.78. The van der Waals surface area contributed by atoms with Crippen molar-refractivity contribution in [2.24, 2.45) is 0 Å². The molecule has 0 aliphatic carbocycles. The molecule has 0 radical (unpaired) electrons. The number of rotatable bonds is 5. The Labute approximate surface area is 139 Å². The second kappa shape index (κ2) is 7.65. The smallest absolute Gasteiger partial charge is 0.233 e. The highest BCUT2D eigenvalue weighted by Crippen LogP contribution is 2.25. The Morgan fingerprint density at radius 2 is 1.70 bits per heavy atom. The van der Waals surface area contributed by atoms with Crippen molar-refractivity contribution in [3.05, 3.63) is 53.1 Å². The first-order valence-corrected chi connectivity index (χ1v) is 7.35. The molecule has 0 atom stereocenters. The van der Waals surface area contributed by atoms with E-state index in [0.717, 1.165) is 5.56 Å². The standard InChI is InChI=1S/C17H17ClN2O3/c1-11-3-8-15(23-2)14(9-11)20-17(22)10-16(21)19-13-6-4-12(18)5-7-13/h3-9H,10H2,1-2H3,(H,19,21)(H,20,22). The maximum Gasteiger partial charge on any atom is 0.233 e. The molecule has 2 rings (SSSR count). The van der Waals surface area contributed by atoms with Crippen LogP contribution >= 0.6 is 11.6 Å². The van der Waals surface area contributed by atoms with Crippen molar-refractivity contribution in [2.45, 2.75) is 13.3 Å². The van der Waals surface area contributed by atoms with E-state index in [-0.39, 0.29) is 6.42 Å². The van der Waals surface area contributed by atoms with Gasteiger partial charge < -0.3 is 15.4 Å². The highest BCUT2D eigenvalue weighted by atomic mass is 35.5. The predicted molar refractivity (Wildman–Crippen MR) is 91.1 cm³/mol. The second-order valence-corrected chi connectivity index (χ2v) is 5.42. The van der Waals surface area contributed by atoms with Gasteiger partial charge >= 0.3 is 0 Å². The number of benzene rings is 2. The Hall–Kier alpha value is -2.53. The van der Waals surface area contributed by atoms with Crippen LogP contribution in [0, 0.1) is 6.92 Å². The van der Waals surface area contributed by atoms with E-state index in [1.54, 1.807) is 36.4 Å². The third-order valence-electron chi connectivity index (χ3n) is 3.08. The van der Waals surface area contributed by atoms with Gasteiger partial charge in [-0.15, -0.1) is 0 Å². The molecular formula is C17H17ClN2O3. The molecule has 2 aromatic carbocycles. The molecule has 120 valence electrons. The largest absolute Gasteiger partial charge is 0.495 e. The van der Waals surface area contributed by atoms with Crippen LogP contribution < -0.4 is 15.4 Å². The Morgan fingerprint density at radius 1 is 1.04 bits per heavy atom. The van der Waals surface area contributed by atoms with Crippen LogP contribution in [0.4, 0.5) is 11.4 Å². The topological polar surface area (TPSA) is 67.4 Å². The zero-order valence-electron chi connectivity index (χ0n) is 12.9. The van der Waals surface area contributed by atoms with Crippen LogP contribution in [0.25, 0.3) is 0 Å². The molecule has 0 aliphatic heterocycles. The number of carbonyl (C=O) groups excluding carboxylic acids is 2. The van der Waals surface area contributed by atoms with Crippen molar-refractivity contribution in [3.63, 3.8) is 0 Å². The van der Waals surface area contributed by atoms with E-state index < -0.39 is 11.8 Å². The molecule has 0 heterocycles. The molecule has 2 aromatic rings. The van der Waals surface area contributed by atoms with Gasteiger partial charge in [0.25, 0.3) is 0 Å². The maximum atomic E-state index is 12.0. The van der Waals surface area contributed by atoms with Crippen LogP contribution in [0.3, 0.4) is 0 Å². The van der Waals surface area contributed by atoms with E-state index in [9.17, 15) is 9.59 Å². The number of nitrogens with one attached hydrogen (secondary N) is 2. The van der Waals surface area contributed by atoms with E-state index in [4.69, 9.17) is 16.3 Å². The summed E-state index contributed by atoms with van der Waals surface area (Å²) < 4.78 is 5.19. The summed E-state index contributed by atoms with van der Waals surface area (Å²) in [5.41, 5.74) is 2.10. The normalized spacial score (nSPS) is 10.0. The number of methoxy groups -OCH3 is 1. The SMILES string of the molecule is COc1ccc(C)cc1NC(=O)CC(=O)Nc1ccc(Cl)cc1. The van der Waals surface area contributed by atoms with Crippen molar-refractivity contribution < 1.29 is 14.3 Å². The lowest BCUT2D eigenvalue weighted by Gasteiger charge is -2.11. The Bertz CT molecular complexity index is 714. The quantitative estimate of drug-likeness (QED) is 0.822. The number of anilines is 2. The summed E-state index contributed by atoms with van der Waals surface area (Å²) in [6.45, 7) is 1.91. The molecule has 0 unspecified atom stereocenters. The minimum Gasteiger partial charge on any atom is -0.495 e. The van der Waals surface area contributed by atoms with Crippen molar-refractivity contribution in [1.82, 2.24) is 0 Å². The molecule has 5 nitrogen and oxygen atoms in total. The van der Waals surface area contributed by atoms with E-state index >= 15 is 0 Å². The van der Waals surface area contributed by atoms with Gasteiger partial charge in [-0.05, 0) is 48.9 Å². The lowest BCUT2D eigenvalue weighted by Crippen LogP contribution is -2.21. The summed E-state index contributed by atoms with van der Waals surface area (Å²) in [4.78, 5) is 23.9. The zero-order valence-corrected chi connectivity index (χ0v) is 13.6. The van der Waals surface area contributed by atoms with E-state index in [0.29, 0.717) is 22.1 Å². The summed E-state index contributed by atoms with van der Waals surface area (Å²) in [6, 6.07) is 12.1. The van der Waals surface area contributed by atoms with Crippen molar-refractivity contribution in [3.8, 4) is 5.75 Å². The van der Waals surface area contributed by atoms with Gasteiger partial charge in [0, 0.05) is 10.7 Å². The van der Waals surface area contributed by atoms with Crippen molar-refractivity contribution >= 4 is 34.8 Å². The lowest BCUT2D eigenvalue weighted by atomic mass is 10.2. The molecule has 0 saturated heterocycles. The Morgan fingerprint density at radius 3 is 2.35 bits per heavy atom. The fourth-order valence-electron chi connectivity index (χ4n) is 2.00. The van der Waals surface area contributed by atoms with Gasteiger partial charge in [0.15, 0.2) is 0 Å². The molecule has 0 aliphatic rings. The molecule has 6 heteroatoms. The average Bonchev–Trinajstić information content (AvgIpc) is 2.49. The van der Waals surface area contributed by atoms with Gasteiger partial charge in [-0.3, -0.25) is 9.59 Å². The summed E-state index contributed by atoms with van der Waals surface area (Å²) in [5.74, 6) is -0.279. The molecule has 0 fully saturated rings. The minimum atomic E-state index is -0.416. The zero-order chi connectivity index (χ0) is 16.8. The molecule has 23 heavy (non-hydrogen) atoms. The maximum absolute atomic E-state index is 12.0. The van der Waals surface area contributed by atoms with Crippen LogP contribution in [-0.2, 0) is 9.59 Å². The van der Waals surface area contributed by atoms with E-state index in [1.165, 1.54) is 7.11 Å². The number of hydrogen-bond donors (Lipinski definition) is 2. The number of amides is 2. The average molecular weight is 333 g/mol. The van der Waals surface area contributed by atoms with Crippen LogP contribution in [0.5, 0.6) is 5.75 Å². The van der Waals surface area contributed by atoms with E-state index in [2.05, 4.69) is 10.6 Å². The molecule has 2 amide bonds. The lowest BCUT2D eigenvalue weighted by molar-refractivity contribution is -0.123. The van der Waals surface area contributed by atoms with Gasteiger partial charge in [-0.25, -0.2) is 0 Å². The number of halogens is 1. The summed E-state index contributed by atoms with van der Waals surface area (Å²) in [7, 11) is 1.52. The van der Waals surface area contributed by atoms with Gasteiger partial charge in [0.2, 0.25) is 11.8 Å². The number of aryl methyl sites for hydroxylation is 1. The monoisotopic (exact) mass is 332 g/mol. The second-order valence-electron chi connectivity index (χ2n) is 4.98. The highest BCUT2D eigenvalue weighted by Gasteiger charge is 2.12. The number of ether oxygens (including phenoxy) is 1. The molecule has 0 saturated carbocycles. The Kier molecular flexibility index (Phi) is 5.60. The molecule has 0 bridgehead atoms. The predicted octanol–water partition coefficient (Wildman–Crippen LogP) is 3.62. The summed E-state index contributed by atoms with van der Waals surface area (Å²) in [5, 5.41) is 5.89. The fraction of sp³-hybridized carbons (Fsp3) is 0.176. The third kappa shape index (κ3) is 5.00. The number of hydrogen-bond acceptors (Lipinski definition) is 3. The minimum absolute atomic E-state index is 0.292. The van der Waals surface area contributed by atoms with Crippen molar-refractivity contribution in [2.75, 3.05) is 17.7 Å². The van der Waals surface area contributed by atoms with Crippen LogP contribution in [0.2, 0.25) is 5.02 Å². The first-order chi connectivity index (χ1) is 11.0. The van der Waals surface area contributed by atoms with Crippen LogP contribution in [0.1, 0.15) is 12.0 Å². The van der Waals surface area contributed by atoms with Gasteiger partial charge in [0.1, 0.15) is 12.2 Å². The number of carbonyl (C=O) groups is 2. The third-order valence-corrected chi connectivity index (χ3v) is 3.33. The van der Waals surface area contributed by atoms with Crippen LogP contribution in [-0.4, -0.2) is 18.9 Å². The first kappa shape index (κ1) is 16.8. The molecule has 2 N–H and O–H groups in total. The van der Waals surface area contributed by atoms with Gasteiger partial charge in [-0.2, -0.15) is 0 Å². The summed E-state index contributed by atoms with van der Waals surface area (Å²) in [6.07, 6.45) is -0.292. The highest BCUT2D eigenvalue weighted by molar-refractivity contribution is 6.30. The van der Waals surface area contributed by atoms with Gasteiger partial charge in [-0.1, -0.05) is 17.7 Å². The van der Waals surface area contributed by atoms with Gasteiger partial charge in [0.05, 0.1) is 12.8 Å². The molecule has 0 spiro atoms. The fourth-order valence-corrected chi connectivity index (χ4v) is 2.12. The van der Waals surface area contributed by atoms with E-state index in [1.807, 2.05) is 13.0 Å². The van der Waals surface area contributed by atoms with Crippen molar-refractivity contribution in [1.29, 1.82) is 0 Å².